The second-order valence-electron chi connectivity index (χ2n) is 17.4. The molecular weight excluding hydrogens is 800 g/mol. The van der Waals surface area contributed by atoms with Gasteiger partial charge in [-0.05, 0) is 38.5 Å². The second kappa shape index (κ2) is 37.6. The zero-order chi connectivity index (χ0) is 34.4. The molecule has 302 valence electrons. The van der Waals surface area contributed by atoms with Crippen LogP contribution in [-0.2, 0) is 0 Å². The lowest BCUT2D eigenvalue weighted by Crippen LogP contribution is -3.00. The summed E-state index contributed by atoms with van der Waals surface area (Å²) >= 11 is 0. The Morgan fingerprint density at radius 1 is 0.265 bits per heavy atom. The van der Waals surface area contributed by atoms with Crippen LogP contribution in [0.2, 0.25) is 0 Å². The van der Waals surface area contributed by atoms with E-state index in [2.05, 4.69) is 68.0 Å². The molecule has 0 aliphatic carbocycles. The van der Waals surface area contributed by atoms with Crippen molar-refractivity contribution in [2.75, 3.05) is 101 Å². The van der Waals surface area contributed by atoms with Crippen LogP contribution in [0.5, 0.6) is 0 Å². The number of nitrogens with zero attached hydrogens (tertiary/aromatic N) is 4. The van der Waals surface area contributed by atoms with Gasteiger partial charge in [0.1, 0.15) is 0 Å². The molecule has 0 saturated carbocycles. The minimum atomic E-state index is 0. The van der Waals surface area contributed by atoms with Gasteiger partial charge < -0.3 is 64.4 Å². The fourth-order valence-corrected chi connectivity index (χ4v) is 6.93. The van der Waals surface area contributed by atoms with Crippen molar-refractivity contribution in [3.05, 3.63) is 0 Å². The van der Waals surface area contributed by atoms with Crippen molar-refractivity contribution in [2.24, 2.45) is 0 Å². The number of likely N-dealkylation sites (N-methyl/N-ethyl adjacent to an activating group) is 3. The molecule has 0 aliphatic rings. The highest BCUT2D eigenvalue weighted by Crippen LogP contribution is 2.14. The maximum atomic E-state index is 2.86. The average Bonchev–Trinajstić information content (AvgIpc) is 3.00. The molecule has 0 atom stereocenters. The van der Waals surface area contributed by atoms with Crippen LogP contribution < -0.4 is 50.9 Å². The van der Waals surface area contributed by atoms with Crippen LogP contribution in [0.3, 0.4) is 0 Å². The highest BCUT2D eigenvalue weighted by atomic mass is 79.9. The molecule has 0 spiro atoms. The van der Waals surface area contributed by atoms with Gasteiger partial charge in [0, 0.05) is 19.6 Å². The normalized spacial score (nSPS) is 12.1. The van der Waals surface area contributed by atoms with Crippen molar-refractivity contribution in [2.45, 2.75) is 175 Å². The van der Waals surface area contributed by atoms with Gasteiger partial charge >= 0.3 is 0 Å². The molecule has 0 amide bonds. The average molecular weight is 894 g/mol. The van der Waals surface area contributed by atoms with Gasteiger partial charge in [-0.1, -0.05) is 136 Å². The first-order chi connectivity index (χ1) is 22.0. The Bertz CT molecular complexity index is 560. The van der Waals surface area contributed by atoms with Gasteiger partial charge in [-0.2, -0.15) is 0 Å². The minimum Gasteiger partial charge on any atom is -1.00 e. The highest BCUT2D eigenvalue weighted by Gasteiger charge is 2.23. The molecule has 0 unspecified atom stereocenters. The van der Waals surface area contributed by atoms with Crippen molar-refractivity contribution in [3.8, 4) is 0 Å². The molecule has 0 aromatic rings. The van der Waals surface area contributed by atoms with E-state index in [9.17, 15) is 0 Å². The first kappa shape index (κ1) is 57.0. The summed E-state index contributed by atoms with van der Waals surface area (Å²) in [6.07, 6.45) is 34.1. The van der Waals surface area contributed by atoms with E-state index in [4.69, 9.17) is 0 Å². The van der Waals surface area contributed by atoms with E-state index >= 15 is 0 Å². The number of hydrogen-bond acceptors (Lipinski definition) is 1. The second-order valence-corrected chi connectivity index (χ2v) is 17.4. The number of unbranched alkanes of at least 4 members (excludes halogenated alkanes) is 21. The van der Waals surface area contributed by atoms with Crippen LogP contribution >= 0.6 is 0 Å². The summed E-state index contributed by atoms with van der Waals surface area (Å²) in [6.45, 7) is 18.6. The van der Waals surface area contributed by atoms with Crippen LogP contribution in [0.1, 0.15) is 175 Å². The van der Waals surface area contributed by atoms with Crippen LogP contribution in [0.15, 0.2) is 0 Å². The van der Waals surface area contributed by atoms with E-state index in [0.717, 1.165) is 0 Å². The first-order valence-electron chi connectivity index (χ1n) is 21.2. The van der Waals surface area contributed by atoms with Gasteiger partial charge in [0.2, 0.25) is 0 Å². The van der Waals surface area contributed by atoms with Crippen LogP contribution in [0.25, 0.3) is 0 Å². The zero-order valence-electron chi connectivity index (χ0n) is 35.3. The quantitative estimate of drug-likeness (QED) is 0.0688. The molecule has 0 saturated heterocycles. The van der Waals surface area contributed by atoms with Gasteiger partial charge in [-0.25, -0.2) is 0 Å². The third-order valence-corrected chi connectivity index (χ3v) is 10.9. The van der Waals surface area contributed by atoms with E-state index in [1.807, 2.05) is 0 Å². The number of rotatable bonds is 36. The Labute approximate surface area is 343 Å². The molecule has 0 radical (unpaired) electrons. The van der Waals surface area contributed by atoms with Gasteiger partial charge in [0.25, 0.3) is 0 Å². The SMILES string of the molecule is CCCCCCCCCC[N+](C)(C)CCN(CC[N+](C)(C)CCCCCCCCCC)CC[N+](C)(C)CCCCCCCCCC.[Br-].[Br-].[Br-]. The van der Waals surface area contributed by atoms with Crippen LogP contribution in [0, 0.1) is 0 Å². The van der Waals surface area contributed by atoms with E-state index in [1.165, 1.54) is 226 Å². The molecule has 0 heterocycles. The fourth-order valence-electron chi connectivity index (χ4n) is 6.93. The Balaban J connectivity index is -0.00000337. The molecule has 7 heteroatoms. The van der Waals surface area contributed by atoms with E-state index in [0.29, 0.717) is 0 Å². The molecule has 0 aliphatic heterocycles. The Morgan fingerprint density at radius 3 is 0.653 bits per heavy atom. The standard InChI is InChI=1S/C42H93N4.3BrH/c1-10-13-16-19-22-25-28-31-37-44(4,5)40-34-43(35-41-45(6,7)38-32-29-26-23-20-17-14-11-2)36-42-46(8,9)39-33-30-27-24-21-18-15-12-3;;;/h10-42H2,1-9H3;3*1H/q+3;;;/p-3. The molecule has 49 heavy (non-hydrogen) atoms. The van der Waals surface area contributed by atoms with Crippen molar-refractivity contribution in [1.29, 1.82) is 0 Å². The summed E-state index contributed by atoms with van der Waals surface area (Å²) in [5.74, 6) is 0. The lowest BCUT2D eigenvalue weighted by Gasteiger charge is -2.37. The summed E-state index contributed by atoms with van der Waals surface area (Å²) in [6, 6.07) is 0. The third kappa shape index (κ3) is 40.3. The minimum absolute atomic E-state index is 0. The topological polar surface area (TPSA) is 3.24 Å². The van der Waals surface area contributed by atoms with Crippen LogP contribution in [-0.4, -0.2) is 120 Å². The maximum absolute atomic E-state index is 2.86. The van der Waals surface area contributed by atoms with Crippen molar-refractivity contribution >= 4 is 0 Å². The highest BCUT2D eigenvalue weighted by molar-refractivity contribution is 4.59. The lowest BCUT2D eigenvalue weighted by atomic mass is 10.1. The van der Waals surface area contributed by atoms with Crippen molar-refractivity contribution in [1.82, 2.24) is 4.90 Å². The molecule has 4 nitrogen and oxygen atoms in total. The van der Waals surface area contributed by atoms with Crippen LogP contribution in [0.4, 0.5) is 0 Å². The zero-order valence-corrected chi connectivity index (χ0v) is 40.0. The molecular formula is C42H93Br3N4. The summed E-state index contributed by atoms with van der Waals surface area (Å²) in [5, 5.41) is 0. The molecule has 0 bridgehead atoms. The van der Waals surface area contributed by atoms with Gasteiger partial charge in [-0.15, -0.1) is 0 Å². The van der Waals surface area contributed by atoms with E-state index in [1.54, 1.807) is 0 Å². The summed E-state index contributed by atoms with van der Waals surface area (Å²) in [5.41, 5.74) is 0. The molecule has 0 N–H and O–H groups in total. The maximum Gasteiger partial charge on any atom is 0.0911 e. The number of quaternary nitrogens is 3. The summed E-state index contributed by atoms with van der Waals surface area (Å²) in [4.78, 5) is 2.86. The largest absolute Gasteiger partial charge is 1.00 e. The molecule has 0 aromatic heterocycles. The Kier molecular flexibility index (Phi) is 43.7. The number of halogens is 3. The van der Waals surface area contributed by atoms with Gasteiger partial charge in [-0.3, -0.25) is 4.90 Å². The molecule has 0 aromatic carbocycles. The third-order valence-electron chi connectivity index (χ3n) is 10.9. The Hall–Kier alpha value is 1.28. The van der Waals surface area contributed by atoms with Gasteiger partial charge in [0.15, 0.2) is 0 Å². The predicted molar refractivity (Wildman–Crippen MR) is 210 cm³/mol. The summed E-state index contributed by atoms with van der Waals surface area (Å²) in [7, 11) is 14.9. The number of hydrogen-bond donors (Lipinski definition) is 0. The van der Waals surface area contributed by atoms with E-state index < -0.39 is 0 Å². The van der Waals surface area contributed by atoms with Gasteiger partial charge in [0.05, 0.1) is 81.6 Å². The smallest absolute Gasteiger partial charge is 0.0911 e. The lowest BCUT2D eigenvalue weighted by molar-refractivity contribution is -0.895. The molecule has 0 rings (SSSR count). The predicted octanol–water partition coefficient (Wildman–Crippen LogP) is 1.95. The monoisotopic (exact) mass is 890 g/mol. The Morgan fingerprint density at radius 2 is 0.449 bits per heavy atom. The molecule has 0 fully saturated rings. The van der Waals surface area contributed by atoms with Crippen molar-refractivity contribution < 1.29 is 64.4 Å². The van der Waals surface area contributed by atoms with E-state index in [-0.39, 0.29) is 50.9 Å². The first-order valence-corrected chi connectivity index (χ1v) is 21.2. The summed E-state index contributed by atoms with van der Waals surface area (Å²) < 4.78 is 3.54. The van der Waals surface area contributed by atoms with Crippen molar-refractivity contribution in [3.63, 3.8) is 0 Å². The fraction of sp³-hybridized carbons (Fsp3) is 1.00.